The number of hydrogen-bond donors (Lipinski definition) is 1. The van der Waals surface area contributed by atoms with Crippen molar-refractivity contribution >= 4 is 28.9 Å². The SMILES string of the molecule is Nc1c(Cl)cccc1Oc1ccc(Cl)c(F)c1. The fraction of sp³-hybridized carbons (Fsp3) is 0. The van der Waals surface area contributed by atoms with Gasteiger partial charge in [-0.2, -0.15) is 0 Å². The summed E-state index contributed by atoms with van der Waals surface area (Å²) in [7, 11) is 0. The minimum absolute atomic E-state index is 0.0383. The summed E-state index contributed by atoms with van der Waals surface area (Å²) < 4.78 is 18.6. The number of nitrogens with two attached hydrogens (primary N) is 1. The Morgan fingerprint density at radius 2 is 1.82 bits per heavy atom. The lowest BCUT2D eigenvalue weighted by atomic mass is 10.3. The van der Waals surface area contributed by atoms with Crippen LogP contribution in [-0.2, 0) is 0 Å². The Bertz CT molecular complexity index is 560. The van der Waals surface area contributed by atoms with Gasteiger partial charge >= 0.3 is 0 Å². The van der Waals surface area contributed by atoms with Gasteiger partial charge in [0.05, 0.1) is 15.7 Å². The Balaban J connectivity index is 2.31. The Hall–Kier alpha value is -1.45. The molecule has 0 aromatic heterocycles. The summed E-state index contributed by atoms with van der Waals surface area (Å²) in [5.74, 6) is 0.129. The summed E-state index contributed by atoms with van der Waals surface area (Å²) >= 11 is 11.4. The zero-order valence-electron chi connectivity index (χ0n) is 8.58. The first-order valence-corrected chi connectivity index (χ1v) is 5.50. The van der Waals surface area contributed by atoms with Crippen molar-refractivity contribution in [3.05, 3.63) is 52.3 Å². The van der Waals surface area contributed by atoms with E-state index in [9.17, 15) is 4.39 Å². The smallest absolute Gasteiger partial charge is 0.151 e. The second-order valence-electron chi connectivity index (χ2n) is 3.33. The third-order valence-electron chi connectivity index (χ3n) is 2.13. The van der Waals surface area contributed by atoms with Gasteiger partial charge in [0.2, 0.25) is 0 Å². The van der Waals surface area contributed by atoms with E-state index in [1.807, 2.05) is 0 Å². The van der Waals surface area contributed by atoms with Crippen LogP contribution in [0.1, 0.15) is 0 Å². The lowest BCUT2D eigenvalue weighted by Crippen LogP contribution is -1.93. The Morgan fingerprint density at radius 3 is 2.53 bits per heavy atom. The third-order valence-corrected chi connectivity index (χ3v) is 2.77. The van der Waals surface area contributed by atoms with Crippen molar-refractivity contribution in [2.45, 2.75) is 0 Å². The normalized spacial score (nSPS) is 10.3. The van der Waals surface area contributed by atoms with Gasteiger partial charge in [0.25, 0.3) is 0 Å². The van der Waals surface area contributed by atoms with Crippen LogP contribution in [-0.4, -0.2) is 0 Å². The Kier molecular flexibility index (Phi) is 3.41. The van der Waals surface area contributed by atoms with E-state index >= 15 is 0 Å². The number of nitrogen functional groups attached to an aromatic ring is 1. The van der Waals surface area contributed by atoms with E-state index in [1.165, 1.54) is 12.1 Å². The highest BCUT2D eigenvalue weighted by atomic mass is 35.5. The number of para-hydroxylation sites is 1. The van der Waals surface area contributed by atoms with Crippen LogP contribution in [0.5, 0.6) is 11.5 Å². The number of benzene rings is 2. The molecule has 2 nitrogen and oxygen atoms in total. The van der Waals surface area contributed by atoms with Gasteiger partial charge in [-0.15, -0.1) is 0 Å². The molecule has 0 atom stereocenters. The van der Waals surface area contributed by atoms with Gasteiger partial charge in [0.15, 0.2) is 5.75 Å². The van der Waals surface area contributed by atoms with E-state index < -0.39 is 5.82 Å². The maximum atomic E-state index is 13.2. The van der Waals surface area contributed by atoms with Crippen LogP contribution in [0.15, 0.2) is 36.4 Å². The van der Waals surface area contributed by atoms with Crippen molar-refractivity contribution in [3.63, 3.8) is 0 Å². The lowest BCUT2D eigenvalue weighted by molar-refractivity contribution is 0.479. The fourth-order valence-corrected chi connectivity index (χ4v) is 1.56. The zero-order valence-corrected chi connectivity index (χ0v) is 10.1. The predicted octanol–water partition coefficient (Wildman–Crippen LogP) is 4.51. The van der Waals surface area contributed by atoms with Crippen molar-refractivity contribution < 1.29 is 9.13 Å². The fourth-order valence-electron chi connectivity index (χ4n) is 1.27. The molecule has 0 unspecified atom stereocenters. The minimum Gasteiger partial charge on any atom is -0.455 e. The van der Waals surface area contributed by atoms with Crippen molar-refractivity contribution in [2.75, 3.05) is 5.73 Å². The monoisotopic (exact) mass is 271 g/mol. The van der Waals surface area contributed by atoms with Crippen molar-refractivity contribution in [3.8, 4) is 11.5 Å². The summed E-state index contributed by atoms with van der Waals surface area (Å²) in [6, 6.07) is 9.13. The Morgan fingerprint density at radius 1 is 1.06 bits per heavy atom. The second-order valence-corrected chi connectivity index (χ2v) is 4.14. The molecule has 0 radical (unpaired) electrons. The quantitative estimate of drug-likeness (QED) is 0.816. The molecule has 0 spiro atoms. The summed E-state index contributed by atoms with van der Waals surface area (Å²) in [6.45, 7) is 0. The third kappa shape index (κ3) is 2.62. The van der Waals surface area contributed by atoms with Crippen molar-refractivity contribution in [2.24, 2.45) is 0 Å². The summed E-state index contributed by atoms with van der Waals surface area (Å²) in [6.07, 6.45) is 0. The van der Waals surface area contributed by atoms with E-state index in [0.717, 1.165) is 0 Å². The molecule has 2 N–H and O–H groups in total. The predicted molar refractivity (Wildman–Crippen MR) is 67.3 cm³/mol. The summed E-state index contributed by atoms with van der Waals surface area (Å²) in [4.78, 5) is 0. The molecule has 2 rings (SSSR count). The van der Waals surface area contributed by atoms with E-state index in [-0.39, 0.29) is 5.02 Å². The van der Waals surface area contributed by atoms with Gasteiger partial charge in [-0.05, 0) is 24.3 Å². The first kappa shape index (κ1) is 12.0. The molecule has 2 aromatic carbocycles. The molecule has 88 valence electrons. The molecule has 0 aliphatic carbocycles. The average molecular weight is 272 g/mol. The van der Waals surface area contributed by atoms with Crippen LogP contribution >= 0.6 is 23.2 Å². The minimum atomic E-state index is -0.551. The molecule has 0 heterocycles. The maximum Gasteiger partial charge on any atom is 0.151 e. The molecule has 5 heteroatoms. The highest BCUT2D eigenvalue weighted by molar-refractivity contribution is 6.33. The van der Waals surface area contributed by atoms with Gasteiger partial charge in [-0.1, -0.05) is 29.3 Å². The van der Waals surface area contributed by atoms with Gasteiger partial charge < -0.3 is 10.5 Å². The highest BCUT2D eigenvalue weighted by Crippen LogP contribution is 2.33. The summed E-state index contributed by atoms with van der Waals surface area (Å²) in [5.41, 5.74) is 6.03. The Labute approximate surface area is 108 Å². The van der Waals surface area contributed by atoms with E-state index in [2.05, 4.69) is 0 Å². The zero-order chi connectivity index (χ0) is 12.4. The van der Waals surface area contributed by atoms with Crippen LogP contribution in [0.4, 0.5) is 10.1 Å². The van der Waals surface area contributed by atoms with Crippen LogP contribution in [0.2, 0.25) is 10.0 Å². The topological polar surface area (TPSA) is 35.2 Å². The van der Waals surface area contributed by atoms with Gasteiger partial charge in [0.1, 0.15) is 11.6 Å². The molecule has 0 saturated carbocycles. The van der Waals surface area contributed by atoms with Gasteiger partial charge in [-0.25, -0.2) is 4.39 Å². The maximum absolute atomic E-state index is 13.2. The van der Waals surface area contributed by atoms with Crippen LogP contribution in [0, 0.1) is 5.82 Å². The molecular formula is C12H8Cl2FNO. The van der Waals surface area contributed by atoms with Gasteiger partial charge in [-0.3, -0.25) is 0 Å². The first-order valence-electron chi connectivity index (χ1n) is 4.75. The molecule has 0 aliphatic heterocycles. The molecule has 0 saturated heterocycles. The molecule has 0 bridgehead atoms. The van der Waals surface area contributed by atoms with E-state index in [4.69, 9.17) is 33.7 Å². The second kappa shape index (κ2) is 4.82. The highest BCUT2D eigenvalue weighted by Gasteiger charge is 2.07. The van der Waals surface area contributed by atoms with Crippen LogP contribution in [0.25, 0.3) is 0 Å². The number of halogens is 3. The number of anilines is 1. The number of rotatable bonds is 2. The largest absolute Gasteiger partial charge is 0.455 e. The van der Waals surface area contributed by atoms with E-state index in [0.29, 0.717) is 22.2 Å². The van der Waals surface area contributed by atoms with Crippen molar-refractivity contribution in [1.82, 2.24) is 0 Å². The molecule has 2 aromatic rings. The molecule has 0 aliphatic rings. The average Bonchev–Trinajstić information content (AvgIpc) is 2.30. The van der Waals surface area contributed by atoms with Crippen molar-refractivity contribution in [1.29, 1.82) is 0 Å². The van der Waals surface area contributed by atoms with Gasteiger partial charge in [0, 0.05) is 6.07 Å². The molecular weight excluding hydrogens is 264 g/mol. The van der Waals surface area contributed by atoms with E-state index in [1.54, 1.807) is 24.3 Å². The first-order chi connectivity index (χ1) is 8.08. The van der Waals surface area contributed by atoms with Crippen LogP contribution in [0.3, 0.4) is 0 Å². The lowest BCUT2D eigenvalue weighted by Gasteiger charge is -2.09. The van der Waals surface area contributed by atoms with Crippen LogP contribution < -0.4 is 10.5 Å². The standard InChI is InChI=1S/C12H8Cl2FNO/c13-8-5-4-7(6-10(8)15)17-11-3-1-2-9(14)12(11)16/h1-6H,16H2. The molecule has 0 amide bonds. The number of ether oxygens (including phenoxy) is 1. The summed E-state index contributed by atoms with van der Waals surface area (Å²) in [5, 5.41) is 0.424. The molecule has 0 fully saturated rings. The number of hydrogen-bond acceptors (Lipinski definition) is 2. The molecule has 17 heavy (non-hydrogen) atoms.